The van der Waals surface area contributed by atoms with E-state index in [1.54, 1.807) is 26.7 Å². The van der Waals surface area contributed by atoms with E-state index in [1.165, 1.54) is 11.3 Å². The molecular formula is C18H21N3O3S2. The van der Waals surface area contributed by atoms with E-state index in [2.05, 4.69) is 0 Å². The number of piperazine rings is 1. The second-order valence-corrected chi connectivity index (χ2v) is 10.0. The summed E-state index contributed by atoms with van der Waals surface area (Å²) in [5.41, 5.74) is 0.512. The molecule has 3 heterocycles. The van der Waals surface area contributed by atoms with E-state index in [1.807, 2.05) is 42.3 Å². The molecule has 6 nitrogen and oxygen atoms in total. The van der Waals surface area contributed by atoms with E-state index in [9.17, 15) is 13.2 Å². The van der Waals surface area contributed by atoms with Crippen LogP contribution in [0.15, 0.2) is 52.1 Å². The second kappa shape index (κ2) is 6.45. The number of thiophene rings is 1. The van der Waals surface area contributed by atoms with Gasteiger partial charge in [-0.2, -0.15) is 4.31 Å². The lowest BCUT2D eigenvalue weighted by Crippen LogP contribution is -2.64. The Kier molecular flexibility index (Phi) is 4.38. The number of rotatable bonds is 3. The summed E-state index contributed by atoms with van der Waals surface area (Å²) in [6.45, 7) is 1.67. The number of carbonyl (C=O) groups is 1. The van der Waals surface area contributed by atoms with Crippen LogP contribution in [0.5, 0.6) is 0 Å². The third-order valence-corrected chi connectivity index (χ3v) is 8.61. The maximum Gasteiger partial charge on any atom is 0.252 e. The minimum absolute atomic E-state index is 0.0453. The molecule has 2 saturated heterocycles. The highest BCUT2D eigenvalue weighted by atomic mass is 32.2. The Morgan fingerprint density at radius 2 is 1.85 bits per heavy atom. The van der Waals surface area contributed by atoms with E-state index in [0.29, 0.717) is 36.8 Å². The molecule has 8 heteroatoms. The van der Waals surface area contributed by atoms with Crippen molar-refractivity contribution in [1.82, 2.24) is 9.21 Å². The fourth-order valence-corrected chi connectivity index (χ4v) is 6.47. The lowest BCUT2D eigenvalue weighted by Gasteiger charge is -2.46. The van der Waals surface area contributed by atoms with Gasteiger partial charge < -0.3 is 4.90 Å². The van der Waals surface area contributed by atoms with Gasteiger partial charge in [0.05, 0.1) is 12.1 Å². The van der Waals surface area contributed by atoms with Gasteiger partial charge in [0.1, 0.15) is 4.21 Å². The number of likely N-dealkylation sites (N-methyl/N-ethyl adjacent to an activating group) is 1. The van der Waals surface area contributed by atoms with Crippen molar-refractivity contribution in [2.75, 3.05) is 38.1 Å². The second-order valence-electron chi connectivity index (χ2n) is 6.92. The maximum absolute atomic E-state index is 12.9. The number of sulfonamides is 1. The number of para-hydroxylation sites is 1. The van der Waals surface area contributed by atoms with Crippen LogP contribution in [0.4, 0.5) is 5.69 Å². The first kappa shape index (κ1) is 17.7. The van der Waals surface area contributed by atoms with Crippen LogP contribution in [-0.4, -0.2) is 62.3 Å². The molecule has 2 aliphatic rings. The normalized spacial score (nSPS) is 25.3. The van der Waals surface area contributed by atoms with Crippen LogP contribution in [0.3, 0.4) is 0 Å². The molecule has 1 spiro atoms. The molecule has 0 N–H and O–H groups in total. The van der Waals surface area contributed by atoms with Crippen molar-refractivity contribution in [1.29, 1.82) is 0 Å². The summed E-state index contributed by atoms with van der Waals surface area (Å²) >= 11 is 1.24. The third-order valence-electron chi connectivity index (χ3n) is 5.39. The van der Waals surface area contributed by atoms with Crippen molar-refractivity contribution in [3.63, 3.8) is 0 Å². The summed E-state index contributed by atoms with van der Waals surface area (Å²) < 4.78 is 27.7. The molecule has 0 aliphatic carbocycles. The van der Waals surface area contributed by atoms with Crippen LogP contribution in [0.1, 0.15) is 6.42 Å². The monoisotopic (exact) mass is 391 g/mol. The van der Waals surface area contributed by atoms with Crippen molar-refractivity contribution in [3.8, 4) is 0 Å². The first-order valence-corrected chi connectivity index (χ1v) is 10.8. The van der Waals surface area contributed by atoms with E-state index >= 15 is 0 Å². The number of nitrogens with zero attached hydrogens (tertiary/aromatic N) is 3. The quantitative estimate of drug-likeness (QED) is 0.801. The van der Waals surface area contributed by atoms with Crippen molar-refractivity contribution in [3.05, 3.63) is 47.8 Å². The predicted octanol–water partition coefficient (Wildman–Crippen LogP) is 1.86. The molecule has 138 valence electrons. The topological polar surface area (TPSA) is 60.9 Å². The van der Waals surface area contributed by atoms with Crippen molar-refractivity contribution in [2.24, 2.45) is 0 Å². The Bertz CT molecular complexity index is 899. The number of carbonyl (C=O) groups excluding carboxylic acids is 1. The first-order valence-electron chi connectivity index (χ1n) is 8.53. The molecule has 2 aromatic rings. The molecule has 1 amide bonds. The molecule has 26 heavy (non-hydrogen) atoms. The third kappa shape index (κ3) is 2.87. The number of hydrogen-bond donors (Lipinski definition) is 0. The zero-order chi connectivity index (χ0) is 18.4. The summed E-state index contributed by atoms with van der Waals surface area (Å²) in [5, 5.41) is 1.78. The fraction of sp³-hybridized carbons (Fsp3) is 0.389. The average Bonchev–Trinajstić information content (AvgIpc) is 3.31. The number of amides is 1. The molecule has 0 radical (unpaired) electrons. The lowest BCUT2D eigenvalue weighted by atomic mass is 9.92. The number of hydrogen-bond acceptors (Lipinski definition) is 5. The van der Waals surface area contributed by atoms with Gasteiger partial charge >= 0.3 is 0 Å². The molecule has 0 bridgehead atoms. The highest BCUT2D eigenvalue weighted by Gasteiger charge is 2.50. The van der Waals surface area contributed by atoms with Crippen molar-refractivity contribution >= 4 is 33.0 Å². The van der Waals surface area contributed by atoms with Gasteiger partial charge in [0.2, 0.25) is 5.91 Å². The summed E-state index contributed by atoms with van der Waals surface area (Å²) in [4.78, 5) is 16.4. The molecule has 1 aromatic carbocycles. The van der Waals surface area contributed by atoms with E-state index in [-0.39, 0.29) is 11.4 Å². The average molecular weight is 392 g/mol. The van der Waals surface area contributed by atoms with Gasteiger partial charge in [-0.1, -0.05) is 24.3 Å². The summed E-state index contributed by atoms with van der Waals surface area (Å²) in [5.74, 6) is 0.0453. The van der Waals surface area contributed by atoms with Crippen molar-refractivity contribution < 1.29 is 13.2 Å². The predicted molar refractivity (Wildman–Crippen MR) is 102 cm³/mol. The minimum atomic E-state index is -3.47. The number of benzene rings is 1. The van der Waals surface area contributed by atoms with Crippen LogP contribution >= 0.6 is 11.3 Å². The zero-order valence-electron chi connectivity index (χ0n) is 14.5. The molecule has 0 saturated carbocycles. The SMILES string of the molecule is CN1CC(=O)N(c2ccccc2)C[C@]12CCN(S(=O)(=O)c1cccs1)C2. The molecule has 1 aromatic heterocycles. The van der Waals surface area contributed by atoms with Crippen LogP contribution in [-0.2, 0) is 14.8 Å². The van der Waals surface area contributed by atoms with Crippen LogP contribution in [0, 0.1) is 0 Å². The van der Waals surface area contributed by atoms with Crippen molar-refractivity contribution in [2.45, 2.75) is 16.2 Å². The van der Waals surface area contributed by atoms with Gasteiger partial charge in [0.15, 0.2) is 0 Å². The Hall–Kier alpha value is -1.74. The highest BCUT2D eigenvalue weighted by molar-refractivity contribution is 7.91. The summed E-state index contributed by atoms with van der Waals surface area (Å²) in [6.07, 6.45) is 0.713. The maximum atomic E-state index is 12.9. The summed E-state index contributed by atoms with van der Waals surface area (Å²) in [6, 6.07) is 13.0. The molecule has 2 aliphatic heterocycles. The lowest BCUT2D eigenvalue weighted by molar-refractivity contribution is -0.123. The van der Waals surface area contributed by atoms with Crippen LogP contribution in [0.25, 0.3) is 0 Å². The highest BCUT2D eigenvalue weighted by Crippen LogP contribution is 2.36. The molecule has 4 rings (SSSR count). The molecule has 2 fully saturated rings. The van der Waals surface area contributed by atoms with Gasteiger partial charge in [0.25, 0.3) is 10.0 Å². The smallest absolute Gasteiger partial charge is 0.252 e. The van der Waals surface area contributed by atoms with Gasteiger partial charge in [-0.05, 0) is 37.0 Å². The Morgan fingerprint density at radius 3 is 2.54 bits per heavy atom. The van der Waals surface area contributed by atoms with E-state index < -0.39 is 10.0 Å². The largest absolute Gasteiger partial charge is 0.309 e. The number of anilines is 1. The molecular weight excluding hydrogens is 370 g/mol. The van der Waals surface area contributed by atoms with Crippen LogP contribution in [0.2, 0.25) is 0 Å². The van der Waals surface area contributed by atoms with Gasteiger partial charge in [0, 0.05) is 25.3 Å². The Balaban J connectivity index is 1.61. The summed E-state index contributed by atoms with van der Waals surface area (Å²) in [7, 11) is -1.55. The minimum Gasteiger partial charge on any atom is -0.309 e. The molecule has 1 atom stereocenters. The van der Waals surface area contributed by atoms with Gasteiger partial charge in [-0.3, -0.25) is 9.69 Å². The Labute approximate surface area is 157 Å². The van der Waals surface area contributed by atoms with E-state index in [4.69, 9.17) is 0 Å². The zero-order valence-corrected chi connectivity index (χ0v) is 16.2. The molecule has 0 unspecified atom stereocenters. The van der Waals surface area contributed by atoms with Crippen LogP contribution < -0.4 is 4.90 Å². The Morgan fingerprint density at radius 1 is 1.08 bits per heavy atom. The van der Waals surface area contributed by atoms with Gasteiger partial charge in [-0.25, -0.2) is 8.42 Å². The first-order chi connectivity index (χ1) is 12.4. The van der Waals surface area contributed by atoms with E-state index in [0.717, 1.165) is 5.69 Å². The fourth-order valence-electron chi connectivity index (χ4n) is 3.80. The van der Waals surface area contributed by atoms with Gasteiger partial charge in [-0.15, -0.1) is 11.3 Å². The standard InChI is InChI=1S/C18H21N3O3S2/c1-19-12-16(22)21(15-6-3-2-4-7-15)14-18(19)9-10-20(13-18)26(23,24)17-8-5-11-25-17/h2-8,11H,9-10,12-14H2,1H3/t18-/m1/s1.